The van der Waals surface area contributed by atoms with Crippen molar-refractivity contribution in [3.8, 4) is 0 Å². The molecule has 1 aromatic rings. The van der Waals surface area contributed by atoms with Crippen molar-refractivity contribution in [2.45, 2.75) is 44.2 Å². The number of hydrogen-bond acceptors (Lipinski definition) is 2. The Hall–Kier alpha value is -1.36. The lowest BCUT2D eigenvalue weighted by Crippen LogP contribution is -2.55. The van der Waals surface area contributed by atoms with E-state index in [1.165, 1.54) is 0 Å². The van der Waals surface area contributed by atoms with Gasteiger partial charge in [-0.2, -0.15) is 0 Å². The maximum absolute atomic E-state index is 12.9. The van der Waals surface area contributed by atoms with E-state index in [1.54, 1.807) is 0 Å². The van der Waals surface area contributed by atoms with E-state index in [2.05, 4.69) is 21.2 Å². The molecule has 2 fully saturated rings. The first-order valence-corrected chi connectivity index (χ1v) is 8.24. The fraction of sp³-hybridized carbons (Fsp3) is 0.500. The fourth-order valence-corrected chi connectivity index (χ4v) is 3.73. The van der Waals surface area contributed by atoms with Crippen molar-refractivity contribution in [2.75, 3.05) is 6.54 Å². The Morgan fingerprint density at radius 2 is 1.90 bits per heavy atom. The quantitative estimate of drug-likeness (QED) is 0.891. The van der Waals surface area contributed by atoms with Gasteiger partial charge in [0.15, 0.2) is 0 Å². The number of hydrogen-bond donors (Lipinski definition) is 1. The van der Waals surface area contributed by atoms with Crippen molar-refractivity contribution in [1.29, 1.82) is 0 Å². The Balaban J connectivity index is 1.85. The summed E-state index contributed by atoms with van der Waals surface area (Å²) in [6.45, 7) is 1.05. The normalized spacial score (nSPS) is 21.5. The third-order valence-electron chi connectivity index (χ3n) is 4.46. The second kappa shape index (κ2) is 5.79. The molecule has 0 atom stereocenters. The highest BCUT2D eigenvalue weighted by molar-refractivity contribution is 9.10. The Labute approximate surface area is 133 Å². The molecule has 0 bridgehead atoms. The molecule has 1 saturated carbocycles. The maximum Gasteiger partial charge on any atom is 0.248 e. The molecular formula is C16H19BrN2O2. The van der Waals surface area contributed by atoms with Gasteiger partial charge in [0.2, 0.25) is 11.8 Å². The summed E-state index contributed by atoms with van der Waals surface area (Å²) in [6.07, 6.45) is 3.94. The van der Waals surface area contributed by atoms with E-state index in [0.29, 0.717) is 19.5 Å². The Morgan fingerprint density at radius 1 is 1.19 bits per heavy atom. The van der Waals surface area contributed by atoms with Gasteiger partial charge in [0, 0.05) is 24.0 Å². The Bertz CT molecular complexity index is 567. The van der Waals surface area contributed by atoms with E-state index in [1.807, 2.05) is 29.2 Å². The summed E-state index contributed by atoms with van der Waals surface area (Å²) in [7, 11) is 0. The molecule has 1 saturated heterocycles. The number of nitrogens with one attached hydrogen (secondary N) is 1. The van der Waals surface area contributed by atoms with Crippen LogP contribution < -0.4 is 5.32 Å². The molecule has 1 aliphatic carbocycles. The van der Waals surface area contributed by atoms with E-state index >= 15 is 0 Å². The van der Waals surface area contributed by atoms with E-state index in [0.717, 1.165) is 35.7 Å². The van der Waals surface area contributed by atoms with Crippen molar-refractivity contribution in [2.24, 2.45) is 0 Å². The second-order valence-corrected chi connectivity index (χ2v) is 6.76. The molecule has 1 N–H and O–H groups in total. The molecule has 0 radical (unpaired) electrons. The molecule has 3 rings (SSSR count). The van der Waals surface area contributed by atoms with Gasteiger partial charge in [0.05, 0.1) is 0 Å². The minimum absolute atomic E-state index is 0.000114. The van der Waals surface area contributed by atoms with Crippen LogP contribution in [0.25, 0.3) is 0 Å². The Morgan fingerprint density at radius 3 is 2.62 bits per heavy atom. The minimum atomic E-state index is -0.644. The SMILES string of the molecule is O=C1CCN(Cc2ccccc2Br)C(=O)C2(CCCC2)N1. The van der Waals surface area contributed by atoms with Crippen LogP contribution in [0.4, 0.5) is 0 Å². The summed E-state index contributed by atoms with van der Waals surface area (Å²) in [4.78, 5) is 26.7. The van der Waals surface area contributed by atoms with Crippen LogP contribution in [0, 0.1) is 0 Å². The lowest BCUT2D eigenvalue weighted by atomic mass is 9.95. The monoisotopic (exact) mass is 350 g/mol. The van der Waals surface area contributed by atoms with Crippen LogP contribution in [0.5, 0.6) is 0 Å². The van der Waals surface area contributed by atoms with E-state index in [-0.39, 0.29) is 11.8 Å². The number of carbonyl (C=O) groups is 2. The summed E-state index contributed by atoms with van der Waals surface area (Å²) < 4.78 is 1.00. The molecular weight excluding hydrogens is 332 g/mol. The van der Waals surface area contributed by atoms with Crippen LogP contribution in [0.15, 0.2) is 28.7 Å². The van der Waals surface area contributed by atoms with Gasteiger partial charge >= 0.3 is 0 Å². The highest BCUT2D eigenvalue weighted by Crippen LogP contribution is 2.33. The zero-order valence-electron chi connectivity index (χ0n) is 11.9. The van der Waals surface area contributed by atoms with E-state index in [9.17, 15) is 9.59 Å². The molecule has 2 aliphatic rings. The predicted molar refractivity (Wildman–Crippen MR) is 83.5 cm³/mol. The van der Waals surface area contributed by atoms with Gasteiger partial charge in [-0.1, -0.05) is 47.0 Å². The molecule has 1 spiro atoms. The van der Waals surface area contributed by atoms with Crippen LogP contribution >= 0.6 is 15.9 Å². The third-order valence-corrected chi connectivity index (χ3v) is 5.23. The smallest absolute Gasteiger partial charge is 0.248 e. The standard InChI is InChI=1S/C16H19BrN2O2/c17-13-6-2-1-5-12(13)11-19-10-7-14(20)18-16(15(19)21)8-3-4-9-16/h1-2,5-6H,3-4,7-11H2,(H,18,20). The van der Waals surface area contributed by atoms with Crippen LogP contribution in [-0.4, -0.2) is 28.8 Å². The predicted octanol–water partition coefficient (Wildman–Crippen LogP) is 2.61. The van der Waals surface area contributed by atoms with E-state index < -0.39 is 5.54 Å². The first kappa shape index (κ1) is 14.6. The molecule has 1 aromatic carbocycles. The Kier molecular flexibility index (Phi) is 4.02. The fourth-order valence-electron chi connectivity index (χ4n) is 3.32. The molecule has 0 unspecified atom stereocenters. The van der Waals surface area contributed by atoms with Gasteiger partial charge in [0.1, 0.15) is 5.54 Å². The molecule has 2 amide bonds. The van der Waals surface area contributed by atoms with Gasteiger partial charge in [-0.3, -0.25) is 9.59 Å². The first-order chi connectivity index (χ1) is 10.1. The first-order valence-electron chi connectivity index (χ1n) is 7.44. The third kappa shape index (κ3) is 2.84. The lowest BCUT2D eigenvalue weighted by molar-refractivity contribution is -0.139. The highest BCUT2D eigenvalue weighted by Gasteiger charge is 2.46. The number of carbonyl (C=O) groups excluding carboxylic acids is 2. The average Bonchev–Trinajstić information content (AvgIpc) is 2.90. The summed E-state index contributed by atoms with van der Waals surface area (Å²) in [6, 6.07) is 7.92. The average molecular weight is 351 g/mol. The number of halogens is 1. The zero-order chi connectivity index (χ0) is 14.9. The molecule has 4 nitrogen and oxygen atoms in total. The summed E-state index contributed by atoms with van der Waals surface area (Å²) in [5.74, 6) is 0.0847. The van der Waals surface area contributed by atoms with Gasteiger partial charge in [-0.15, -0.1) is 0 Å². The van der Waals surface area contributed by atoms with Crippen LogP contribution in [0.3, 0.4) is 0 Å². The molecule has 1 heterocycles. The summed E-state index contributed by atoms with van der Waals surface area (Å²) in [5.41, 5.74) is 0.433. The van der Waals surface area contributed by atoms with Crippen molar-refractivity contribution >= 4 is 27.7 Å². The zero-order valence-corrected chi connectivity index (χ0v) is 13.5. The van der Waals surface area contributed by atoms with Crippen LogP contribution in [0.1, 0.15) is 37.7 Å². The van der Waals surface area contributed by atoms with Crippen LogP contribution in [-0.2, 0) is 16.1 Å². The maximum atomic E-state index is 12.9. The topological polar surface area (TPSA) is 49.4 Å². The number of nitrogens with zero attached hydrogens (tertiary/aromatic N) is 1. The highest BCUT2D eigenvalue weighted by atomic mass is 79.9. The van der Waals surface area contributed by atoms with Crippen molar-refractivity contribution < 1.29 is 9.59 Å². The molecule has 5 heteroatoms. The van der Waals surface area contributed by atoms with Gasteiger partial charge < -0.3 is 10.2 Å². The van der Waals surface area contributed by atoms with Gasteiger partial charge in [-0.25, -0.2) is 0 Å². The molecule has 1 aliphatic heterocycles. The lowest BCUT2D eigenvalue weighted by Gasteiger charge is -2.32. The minimum Gasteiger partial charge on any atom is -0.342 e. The number of benzene rings is 1. The molecule has 21 heavy (non-hydrogen) atoms. The van der Waals surface area contributed by atoms with Gasteiger partial charge in [0.25, 0.3) is 0 Å². The number of rotatable bonds is 2. The van der Waals surface area contributed by atoms with Gasteiger partial charge in [-0.05, 0) is 24.5 Å². The molecule has 0 aromatic heterocycles. The summed E-state index contributed by atoms with van der Waals surface area (Å²) in [5, 5.41) is 2.99. The second-order valence-electron chi connectivity index (χ2n) is 5.91. The van der Waals surface area contributed by atoms with Crippen molar-refractivity contribution in [3.05, 3.63) is 34.3 Å². The summed E-state index contributed by atoms with van der Waals surface area (Å²) >= 11 is 3.53. The van der Waals surface area contributed by atoms with Crippen molar-refractivity contribution in [3.63, 3.8) is 0 Å². The number of amides is 2. The molecule has 112 valence electrons. The van der Waals surface area contributed by atoms with Crippen molar-refractivity contribution in [1.82, 2.24) is 10.2 Å². The van der Waals surface area contributed by atoms with Crippen LogP contribution in [0.2, 0.25) is 0 Å². The largest absolute Gasteiger partial charge is 0.342 e. The van der Waals surface area contributed by atoms with E-state index in [4.69, 9.17) is 0 Å².